The van der Waals surface area contributed by atoms with Crippen LogP contribution in [0.5, 0.6) is 0 Å². The minimum atomic E-state index is -4.61. The van der Waals surface area contributed by atoms with Gasteiger partial charge in [-0.3, -0.25) is 4.79 Å². The number of sulfone groups is 1. The predicted molar refractivity (Wildman–Crippen MR) is 111 cm³/mol. The molecule has 0 bridgehead atoms. The smallest absolute Gasteiger partial charge is 0.337 e. The summed E-state index contributed by atoms with van der Waals surface area (Å²) in [6.07, 6.45) is -3.05. The van der Waals surface area contributed by atoms with Crippen LogP contribution in [0.25, 0.3) is 0 Å². The highest BCUT2D eigenvalue weighted by molar-refractivity contribution is 7.91. The fourth-order valence-corrected chi connectivity index (χ4v) is 5.77. The number of alkyl halides is 3. The number of nitrogens with zero attached hydrogens (tertiary/aromatic N) is 4. The molecule has 0 spiro atoms. The molecule has 2 aromatic rings. The Kier molecular flexibility index (Phi) is 6.49. The summed E-state index contributed by atoms with van der Waals surface area (Å²) in [6, 6.07) is 2.61. The summed E-state index contributed by atoms with van der Waals surface area (Å²) in [6.45, 7) is 0.116. The first kappa shape index (κ1) is 24.3. The Morgan fingerprint density at radius 2 is 1.68 bits per heavy atom. The van der Waals surface area contributed by atoms with E-state index in [9.17, 15) is 35.2 Å². The Hall–Kier alpha value is -2.83. The van der Waals surface area contributed by atoms with Gasteiger partial charge in [0.1, 0.15) is 9.84 Å². The molecule has 184 valence electrons. The second-order valence-electron chi connectivity index (χ2n) is 8.33. The molecule has 4 rings (SSSR count). The summed E-state index contributed by atoms with van der Waals surface area (Å²) in [5.74, 6) is -3.45. The van der Waals surface area contributed by atoms with E-state index >= 15 is 0 Å². The van der Waals surface area contributed by atoms with Crippen molar-refractivity contribution in [3.8, 4) is 0 Å². The van der Waals surface area contributed by atoms with Gasteiger partial charge < -0.3 is 9.80 Å². The molecule has 1 atom stereocenters. The zero-order valence-electron chi connectivity index (χ0n) is 17.8. The van der Waals surface area contributed by atoms with E-state index < -0.39 is 45.2 Å². The molecule has 1 amide bonds. The molecule has 1 aromatic heterocycles. The van der Waals surface area contributed by atoms with E-state index in [0.29, 0.717) is 12.4 Å². The lowest BCUT2D eigenvalue weighted by atomic mass is 9.96. The number of hydrogen-bond donors (Lipinski definition) is 0. The quantitative estimate of drug-likeness (QED) is 0.598. The fourth-order valence-electron chi connectivity index (χ4n) is 4.27. The Balaban J connectivity index is 1.62. The molecule has 3 heterocycles. The Morgan fingerprint density at radius 1 is 1.03 bits per heavy atom. The highest BCUT2D eigenvalue weighted by Gasteiger charge is 2.39. The molecular weight excluding hydrogens is 483 g/mol. The topological polar surface area (TPSA) is 83.5 Å². The lowest BCUT2D eigenvalue weighted by molar-refractivity contribution is -0.139. The van der Waals surface area contributed by atoms with Crippen LogP contribution < -0.4 is 4.90 Å². The second kappa shape index (κ2) is 9.08. The number of rotatable bonds is 3. The molecule has 0 N–H and O–H groups in total. The van der Waals surface area contributed by atoms with Gasteiger partial charge in [-0.2, -0.15) is 13.2 Å². The first-order valence-corrected chi connectivity index (χ1v) is 12.4. The van der Waals surface area contributed by atoms with E-state index in [1.165, 1.54) is 21.9 Å². The number of halogens is 5. The maximum atomic E-state index is 14.7. The third-order valence-corrected chi connectivity index (χ3v) is 7.87. The number of amides is 1. The van der Waals surface area contributed by atoms with Gasteiger partial charge in [-0.15, -0.1) is 0 Å². The third-order valence-electron chi connectivity index (χ3n) is 6.16. The Morgan fingerprint density at radius 3 is 2.29 bits per heavy atom. The van der Waals surface area contributed by atoms with Gasteiger partial charge in [0, 0.05) is 43.5 Å². The SMILES string of the molecule is O=C(C1CCS(=O)(=O)CC1)N1CCN(c2ncc(C(F)(F)F)cn2)C[C@@H]1c1cccc(F)c1F. The number of aromatic nitrogens is 2. The highest BCUT2D eigenvalue weighted by atomic mass is 32.2. The normalized spacial score (nSPS) is 21.5. The number of benzene rings is 1. The minimum Gasteiger partial charge on any atom is -0.337 e. The van der Waals surface area contributed by atoms with E-state index in [1.807, 2.05) is 0 Å². The predicted octanol–water partition coefficient (Wildman–Crippen LogP) is 2.99. The summed E-state index contributed by atoms with van der Waals surface area (Å²) >= 11 is 0. The molecule has 34 heavy (non-hydrogen) atoms. The van der Waals surface area contributed by atoms with Crippen molar-refractivity contribution in [1.82, 2.24) is 14.9 Å². The Bertz CT molecular complexity index is 1160. The van der Waals surface area contributed by atoms with E-state index in [2.05, 4.69) is 9.97 Å². The van der Waals surface area contributed by atoms with Crippen LogP contribution in [0, 0.1) is 17.6 Å². The van der Waals surface area contributed by atoms with Gasteiger partial charge in [-0.25, -0.2) is 27.2 Å². The summed E-state index contributed by atoms with van der Waals surface area (Å²) < 4.78 is 90.7. The number of carbonyl (C=O) groups excluding carboxylic acids is 1. The number of carbonyl (C=O) groups is 1. The lowest BCUT2D eigenvalue weighted by Gasteiger charge is -2.43. The Labute approximate surface area is 192 Å². The summed E-state index contributed by atoms with van der Waals surface area (Å²) in [4.78, 5) is 23.7. The standard InChI is InChI=1S/C21H21F5N4O3S/c22-16-3-1-2-15(18(16)23)17-12-29(20-27-10-14(11-28-20)21(24,25)26)6-7-30(17)19(31)13-4-8-34(32,33)9-5-13/h1-3,10-11,13,17H,4-9,12H2/t17-/m1/s1. The van der Waals surface area contributed by atoms with Crippen molar-refractivity contribution in [2.75, 3.05) is 36.0 Å². The maximum absolute atomic E-state index is 14.7. The van der Waals surface area contributed by atoms with E-state index in [4.69, 9.17) is 0 Å². The zero-order valence-corrected chi connectivity index (χ0v) is 18.6. The molecule has 2 fully saturated rings. The second-order valence-corrected chi connectivity index (χ2v) is 10.6. The molecule has 13 heteroatoms. The van der Waals surface area contributed by atoms with Gasteiger partial charge in [0.2, 0.25) is 11.9 Å². The van der Waals surface area contributed by atoms with Crippen LogP contribution in [0.1, 0.15) is 30.0 Å². The van der Waals surface area contributed by atoms with Crippen LogP contribution in [0.4, 0.5) is 27.9 Å². The average molecular weight is 504 g/mol. The molecule has 0 unspecified atom stereocenters. The van der Waals surface area contributed by atoms with E-state index in [0.717, 1.165) is 6.07 Å². The number of anilines is 1. The summed E-state index contributed by atoms with van der Waals surface area (Å²) in [7, 11) is -3.20. The van der Waals surface area contributed by atoms with Crippen LogP contribution >= 0.6 is 0 Å². The molecule has 0 aliphatic carbocycles. The van der Waals surface area contributed by atoms with Crippen molar-refractivity contribution < 1.29 is 35.2 Å². The van der Waals surface area contributed by atoms with Crippen molar-refractivity contribution in [1.29, 1.82) is 0 Å². The minimum absolute atomic E-state index is 0.0364. The molecule has 0 radical (unpaired) electrons. The molecule has 2 saturated heterocycles. The number of hydrogen-bond acceptors (Lipinski definition) is 6. The van der Waals surface area contributed by atoms with Gasteiger partial charge >= 0.3 is 6.18 Å². The van der Waals surface area contributed by atoms with Crippen molar-refractivity contribution in [3.63, 3.8) is 0 Å². The molecule has 2 aliphatic heterocycles. The van der Waals surface area contributed by atoms with Crippen LogP contribution in [0.15, 0.2) is 30.6 Å². The van der Waals surface area contributed by atoms with Crippen molar-refractivity contribution in [2.45, 2.75) is 25.1 Å². The lowest BCUT2D eigenvalue weighted by Crippen LogP contribution is -2.53. The summed E-state index contributed by atoms with van der Waals surface area (Å²) in [5.41, 5.74) is -1.11. The monoisotopic (exact) mass is 504 g/mol. The molecule has 2 aliphatic rings. The van der Waals surface area contributed by atoms with Crippen LogP contribution in [0.3, 0.4) is 0 Å². The third kappa shape index (κ3) is 4.98. The number of piperazine rings is 1. The van der Waals surface area contributed by atoms with Crippen LogP contribution in [-0.2, 0) is 20.8 Å². The van der Waals surface area contributed by atoms with Crippen molar-refractivity contribution in [2.24, 2.45) is 5.92 Å². The van der Waals surface area contributed by atoms with Crippen molar-refractivity contribution >= 4 is 21.7 Å². The van der Waals surface area contributed by atoms with Crippen molar-refractivity contribution in [3.05, 3.63) is 53.4 Å². The largest absolute Gasteiger partial charge is 0.419 e. The van der Waals surface area contributed by atoms with Gasteiger partial charge in [0.25, 0.3) is 0 Å². The summed E-state index contributed by atoms with van der Waals surface area (Å²) in [5, 5.41) is 0. The van der Waals surface area contributed by atoms with E-state index in [1.54, 1.807) is 0 Å². The maximum Gasteiger partial charge on any atom is 0.419 e. The van der Waals surface area contributed by atoms with Crippen LogP contribution in [0.2, 0.25) is 0 Å². The van der Waals surface area contributed by atoms with Gasteiger partial charge in [-0.1, -0.05) is 12.1 Å². The van der Waals surface area contributed by atoms with Crippen LogP contribution in [-0.4, -0.2) is 60.3 Å². The first-order chi connectivity index (χ1) is 16.0. The molecule has 1 aromatic carbocycles. The van der Waals surface area contributed by atoms with E-state index in [-0.39, 0.29) is 61.4 Å². The molecule has 0 saturated carbocycles. The van der Waals surface area contributed by atoms with Gasteiger partial charge in [-0.05, 0) is 18.9 Å². The zero-order chi connectivity index (χ0) is 24.7. The highest BCUT2D eigenvalue weighted by Crippen LogP contribution is 2.34. The average Bonchev–Trinajstić information content (AvgIpc) is 2.79. The molecular formula is C21H21F5N4O3S. The van der Waals surface area contributed by atoms with Gasteiger partial charge in [0.05, 0.1) is 23.1 Å². The van der Waals surface area contributed by atoms with Gasteiger partial charge in [0.15, 0.2) is 11.6 Å². The molecule has 7 nitrogen and oxygen atoms in total. The first-order valence-electron chi connectivity index (χ1n) is 10.6. The fraction of sp³-hybridized carbons (Fsp3) is 0.476.